The van der Waals surface area contributed by atoms with Gasteiger partial charge in [0.2, 0.25) is 0 Å². The van der Waals surface area contributed by atoms with Crippen molar-refractivity contribution in [2.75, 3.05) is 16.6 Å². The zero-order valence-electron chi connectivity index (χ0n) is 20.6. The van der Waals surface area contributed by atoms with E-state index in [1.54, 1.807) is 26.8 Å². The van der Waals surface area contributed by atoms with Gasteiger partial charge >= 0.3 is 0 Å². The van der Waals surface area contributed by atoms with Crippen LogP contribution in [0.5, 0.6) is 5.75 Å². The van der Waals surface area contributed by atoms with Crippen molar-refractivity contribution in [2.45, 2.75) is 43.5 Å². The van der Waals surface area contributed by atoms with Crippen LogP contribution in [0.4, 0.5) is 11.4 Å². The Kier molecular flexibility index (Phi) is 7.95. The molecule has 0 radical (unpaired) electrons. The number of anilines is 2. The monoisotopic (exact) mass is 531 g/mol. The molecule has 9 nitrogen and oxygen atoms in total. The van der Waals surface area contributed by atoms with Crippen molar-refractivity contribution < 1.29 is 26.4 Å². The third-order valence-electron chi connectivity index (χ3n) is 5.20. The number of aryl methyl sites for hydroxylation is 2. The summed E-state index contributed by atoms with van der Waals surface area (Å²) in [4.78, 5) is 12.3. The summed E-state index contributed by atoms with van der Waals surface area (Å²) in [5.74, 6) is -0.234. The van der Waals surface area contributed by atoms with Crippen molar-refractivity contribution in [3.8, 4) is 5.75 Å². The number of hydrogen-bond acceptors (Lipinski definition) is 6. The molecule has 0 atom stereocenters. The molecule has 1 amide bonds. The molecule has 0 aliphatic rings. The fraction of sp³-hybridized carbons (Fsp3) is 0.240. The Morgan fingerprint density at radius 2 is 1.42 bits per heavy atom. The zero-order chi connectivity index (χ0) is 26.7. The van der Waals surface area contributed by atoms with Gasteiger partial charge in [-0.1, -0.05) is 12.1 Å². The van der Waals surface area contributed by atoms with Crippen molar-refractivity contribution in [3.63, 3.8) is 0 Å². The lowest BCUT2D eigenvalue weighted by molar-refractivity contribution is 0.0940. The minimum absolute atomic E-state index is 0.0246. The molecule has 36 heavy (non-hydrogen) atoms. The van der Waals surface area contributed by atoms with Crippen LogP contribution < -0.4 is 19.5 Å². The fourth-order valence-electron chi connectivity index (χ4n) is 3.34. The van der Waals surface area contributed by atoms with Crippen LogP contribution in [0.3, 0.4) is 0 Å². The molecule has 3 aromatic carbocycles. The minimum Gasteiger partial charge on any atom is -0.496 e. The second-order valence-electron chi connectivity index (χ2n) is 8.54. The smallest absolute Gasteiger partial charge is 0.261 e. The lowest BCUT2D eigenvalue weighted by Gasteiger charge is -2.14. The molecule has 3 N–H and O–H groups in total. The average Bonchev–Trinajstić information content (AvgIpc) is 2.80. The summed E-state index contributed by atoms with van der Waals surface area (Å²) in [5, 5.41) is 2.71. The summed E-state index contributed by atoms with van der Waals surface area (Å²) in [6, 6.07) is 14.6. The van der Waals surface area contributed by atoms with Gasteiger partial charge in [-0.2, -0.15) is 0 Å². The molecular weight excluding hydrogens is 502 g/mol. The van der Waals surface area contributed by atoms with Crippen LogP contribution in [0.2, 0.25) is 0 Å². The number of amides is 1. The number of ether oxygens (including phenoxy) is 1. The quantitative estimate of drug-likeness (QED) is 0.382. The van der Waals surface area contributed by atoms with Crippen LogP contribution in [0.1, 0.15) is 35.3 Å². The van der Waals surface area contributed by atoms with Crippen LogP contribution in [0, 0.1) is 13.8 Å². The first kappa shape index (κ1) is 27.0. The molecule has 0 heterocycles. The number of nitrogens with one attached hydrogen (secondary N) is 3. The highest BCUT2D eigenvalue weighted by molar-refractivity contribution is 7.93. The third-order valence-corrected chi connectivity index (χ3v) is 7.96. The van der Waals surface area contributed by atoms with E-state index in [0.29, 0.717) is 5.69 Å². The largest absolute Gasteiger partial charge is 0.496 e. The lowest BCUT2D eigenvalue weighted by atomic mass is 10.1. The molecular formula is C25H29N3O6S2. The Hall–Kier alpha value is -3.57. The Morgan fingerprint density at radius 3 is 2.03 bits per heavy atom. The summed E-state index contributed by atoms with van der Waals surface area (Å²) in [6.45, 7) is 7.23. The first-order valence-electron chi connectivity index (χ1n) is 11.0. The van der Waals surface area contributed by atoms with E-state index in [9.17, 15) is 21.6 Å². The van der Waals surface area contributed by atoms with Crippen molar-refractivity contribution >= 4 is 37.3 Å². The van der Waals surface area contributed by atoms with E-state index in [2.05, 4.69) is 14.8 Å². The average molecular weight is 532 g/mol. The zero-order valence-corrected chi connectivity index (χ0v) is 22.2. The van der Waals surface area contributed by atoms with Crippen molar-refractivity contribution in [3.05, 3.63) is 77.4 Å². The fourth-order valence-corrected chi connectivity index (χ4v) is 5.54. The van der Waals surface area contributed by atoms with Gasteiger partial charge in [0.1, 0.15) is 5.75 Å². The van der Waals surface area contributed by atoms with Crippen LogP contribution in [-0.2, 0) is 20.0 Å². The summed E-state index contributed by atoms with van der Waals surface area (Å²) >= 11 is 0. The first-order chi connectivity index (χ1) is 16.8. The summed E-state index contributed by atoms with van der Waals surface area (Å²) in [5.41, 5.74) is 2.38. The number of carbonyl (C=O) groups excluding carboxylic acids is 1. The maximum absolute atomic E-state index is 13.0. The molecule has 0 aliphatic carbocycles. The summed E-state index contributed by atoms with van der Waals surface area (Å²) in [7, 11) is -6.58. The lowest BCUT2D eigenvalue weighted by Crippen LogP contribution is -2.30. The van der Waals surface area contributed by atoms with Gasteiger partial charge in [-0.3, -0.25) is 14.2 Å². The van der Waals surface area contributed by atoms with E-state index < -0.39 is 26.0 Å². The number of sulfonamides is 2. The molecule has 0 bridgehead atoms. The number of hydrogen-bond donors (Lipinski definition) is 3. The predicted molar refractivity (Wildman–Crippen MR) is 140 cm³/mol. The van der Waals surface area contributed by atoms with Crippen LogP contribution in [0.25, 0.3) is 0 Å². The van der Waals surface area contributed by atoms with E-state index in [1.807, 2.05) is 19.1 Å². The van der Waals surface area contributed by atoms with E-state index in [0.717, 1.165) is 11.1 Å². The van der Waals surface area contributed by atoms with Gasteiger partial charge in [0.05, 0.1) is 28.2 Å². The third kappa shape index (κ3) is 6.35. The van der Waals surface area contributed by atoms with E-state index >= 15 is 0 Å². The molecule has 3 aromatic rings. The molecule has 11 heteroatoms. The second kappa shape index (κ2) is 10.6. The van der Waals surface area contributed by atoms with Crippen molar-refractivity contribution in [1.29, 1.82) is 0 Å². The SMILES string of the molecule is COc1ccc(S(=O)(=O)Nc2ccc(S(=O)(=O)Nc3cc(C)ccc3C)cc2)cc1C(=O)NC(C)C. The van der Waals surface area contributed by atoms with Crippen molar-refractivity contribution in [1.82, 2.24) is 5.32 Å². The Bertz CT molecular complexity index is 1480. The van der Waals surface area contributed by atoms with Crippen molar-refractivity contribution in [2.24, 2.45) is 0 Å². The molecule has 192 valence electrons. The molecule has 0 aromatic heterocycles. The van der Waals surface area contributed by atoms with Crippen LogP contribution >= 0.6 is 0 Å². The highest BCUT2D eigenvalue weighted by Gasteiger charge is 2.21. The molecule has 0 aliphatic heterocycles. The Balaban J connectivity index is 1.83. The highest BCUT2D eigenvalue weighted by atomic mass is 32.2. The maximum Gasteiger partial charge on any atom is 0.261 e. The van der Waals surface area contributed by atoms with Crippen LogP contribution in [0.15, 0.2) is 70.5 Å². The predicted octanol–water partition coefficient (Wildman–Crippen LogP) is 4.05. The molecule has 3 rings (SSSR count). The first-order valence-corrected chi connectivity index (χ1v) is 14.0. The Morgan fingerprint density at radius 1 is 0.806 bits per heavy atom. The second-order valence-corrected chi connectivity index (χ2v) is 11.9. The molecule has 0 spiro atoms. The van der Waals surface area contributed by atoms with Gasteiger partial charge in [0.15, 0.2) is 0 Å². The molecule has 0 saturated carbocycles. The number of carbonyl (C=O) groups is 1. The normalized spacial score (nSPS) is 11.7. The highest BCUT2D eigenvalue weighted by Crippen LogP contribution is 2.26. The number of methoxy groups -OCH3 is 1. The molecule has 0 unspecified atom stereocenters. The van der Waals surface area contributed by atoms with Gasteiger partial charge in [0, 0.05) is 11.7 Å². The number of benzene rings is 3. The van der Waals surface area contributed by atoms with E-state index in [1.165, 1.54) is 49.6 Å². The van der Waals surface area contributed by atoms with Gasteiger partial charge in [-0.15, -0.1) is 0 Å². The maximum atomic E-state index is 13.0. The standard InChI is InChI=1S/C25H29N3O6S2/c1-16(2)26-25(29)22-15-21(12-13-24(22)34-5)36(32,33)27-19-8-10-20(11-9-19)35(30,31)28-23-14-17(3)6-7-18(23)4/h6-16,27-28H,1-5H3,(H,26,29). The minimum atomic E-state index is -4.08. The summed E-state index contributed by atoms with van der Waals surface area (Å²) < 4.78 is 61.8. The van der Waals surface area contributed by atoms with Crippen LogP contribution in [-0.4, -0.2) is 35.9 Å². The van der Waals surface area contributed by atoms with Gasteiger partial charge in [0.25, 0.3) is 26.0 Å². The number of rotatable bonds is 9. The topological polar surface area (TPSA) is 131 Å². The Labute approximate surface area is 212 Å². The molecule has 0 saturated heterocycles. The summed E-state index contributed by atoms with van der Waals surface area (Å²) in [6.07, 6.45) is 0. The molecule has 0 fully saturated rings. The van der Waals surface area contributed by atoms with E-state index in [4.69, 9.17) is 4.74 Å². The van der Waals surface area contributed by atoms with Gasteiger partial charge in [-0.05, 0) is 87.4 Å². The van der Waals surface area contributed by atoms with Gasteiger partial charge < -0.3 is 10.1 Å². The van der Waals surface area contributed by atoms with E-state index in [-0.39, 0.29) is 32.8 Å². The van der Waals surface area contributed by atoms with Gasteiger partial charge in [-0.25, -0.2) is 16.8 Å².